The third kappa shape index (κ3) is 3.11. The predicted octanol–water partition coefficient (Wildman–Crippen LogP) is 2.12. The summed E-state index contributed by atoms with van der Waals surface area (Å²) in [6, 6.07) is 5.77. The molecule has 140 valence electrons. The van der Waals surface area contributed by atoms with Crippen molar-refractivity contribution in [1.82, 2.24) is 10.2 Å². The van der Waals surface area contributed by atoms with Crippen LogP contribution >= 0.6 is 15.9 Å². The molecule has 1 saturated carbocycles. The van der Waals surface area contributed by atoms with Crippen molar-refractivity contribution in [2.75, 3.05) is 19.7 Å². The van der Waals surface area contributed by atoms with E-state index in [1.165, 1.54) is 0 Å². The Kier molecular flexibility index (Phi) is 4.69. The van der Waals surface area contributed by atoms with Gasteiger partial charge >= 0.3 is 11.8 Å². The number of nitrogens with two attached hydrogens (primary N) is 1. The molecule has 1 spiro atoms. The molecule has 0 aromatic heterocycles. The molecular weight excluding hydrogens is 398 g/mol. The van der Waals surface area contributed by atoms with Crippen LogP contribution in [-0.4, -0.2) is 42.5 Å². The van der Waals surface area contributed by atoms with E-state index in [0.29, 0.717) is 26.1 Å². The first-order chi connectivity index (χ1) is 12.5. The van der Waals surface area contributed by atoms with E-state index in [1.54, 1.807) is 4.90 Å². The molecule has 4 rings (SSSR count). The molecule has 7 heteroatoms. The Morgan fingerprint density at radius 1 is 1.23 bits per heavy atom. The van der Waals surface area contributed by atoms with Gasteiger partial charge in [-0.15, -0.1) is 0 Å². The first-order valence-corrected chi connectivity index (χ1v) is 10.1. The summed E-state index contributed by atoms with van der Waals surface area (Å²) in [7, 11) is 0. The van der Waals surface area contributed by atoms with E-state index in [2.05, 4.69) is 21.2 Å². The molecule has 2 unspecified atom stereocenters. The van der Waals surface area contributed by atoms with Crippen LogP contribution in [0.2, 0.25) is 0 Å². The lowest BCUT2D eigenvalue weighted by atomic mass is 9.60. The highest BCUT2D eigenvalue weighted by Gasteiger charge is 2.47. The second-order valence-electron chi connectivity index (χ2n) is 7.65. The summed E-state index contributed by atoms with van der Waals surface area (Å²) in [6.07, 6.45) is 4.68. The average Bonchev–Trinajstić information content (AvgIpc) is 2.66. The SMILES string of the molecule is NC1CCC12CCN(C(=O)C(=O)NC1CCOc3ccc(Br)cc31)CC2. The molecular formula is C19H24BrN3O3. The number of amides is 2. The zero-order valence-corrected chi connectivity index (χ0v) is 16.3. The molecule has 2 atom stereocenters. The minimum Gasteiger partial charge on any atom is -0.493 e. The Morgan fingerprint density at radius 2 is 2.00 bits per heavy atom. The van der Waals surface area contributed by atoms with Gasteiger partial charge < -0.3 is 20.7 Å². The number of fused-ring (bicyclic) bond motifs is 1. The number of hydrogen-bond acceptors (Lipinski definition) is 4. The Labute approximate surface area is 161 Å². The lowest BCUT2D eigenvalue weighted by Gasteiger charge is -2.52. The van der Waals surface area contributed by atoms with Gasteiger partial charge in [-0.1, -0.05) is 15.9 Å². The lowest BCUT2D eigenvalue weighted by Crippen LogP contribution is -2.58. The standard InChI is InChI=1S/C19H24BrN3O3/c20-12-1-2-15-13(11-12)14(4-10-26-15)22-17(24)18(25)23-8-6-19(7-9-23)5-3-16(19)21/h1-2,11,14,16H,3-10,21H2,(H,22,24). The molecule has 2 fully saturated rings. The van der Waals surface area contributed by atoms with Crippen LogP contribution < -0.4 is 15.8 Å². The number of halogens is 1. The second-order valence-corrected chi connectivity index (χ2v) is 8.56. The summed E-state index contributed by atoms with van der Waals surface area (Å²) < 4.78 is 6.56. The Balaban J connectivity index is 1.38. The number of carbonyl (C=O) groups is 2. The summed E-state index contributed by atoms with van der Waals surface area (Å²) in [5.41, 5.74) is 7.27. The maximum atomic E-state index is 12.6. The van der Waals surface area contributed by atoms with E-state index >= 15 is 0 Å². The number of piperidine rings is 1. The smallest absolute Gasteiger partial charge is 0.311 e. The lowest BCUT2D eigenvalue weighted by molar-refractivity contribution is -0.148. The first-order valence-electron chi connectivity index (χ1n) is 9.26. The molecule has 0 bridgehead atoms. The quantitative estimate of drug-likeness (QED) is 0.680. The van der Waals surface area contributed by atoms with Crippen LogP contribution in [0.1, 0.15) is 43.7 Å². The van der Waals surface area contributed by atoms with Gasteiger partial charge in [-0.2, -0.15) is 0 Å². The normalized spacial score (nSPS) is 26.5. The van der Waals surface area contributed by atoms with Crippen molar-refractivity contribution in [3.05, 3.63) is 28.2 Å². The number of carbonyl (C=O) groups excluding carboxylic acids is 2. The van der Waals surface area contributed by atoms with Crippen molar-refractivity contribution >= 4 is 27.7 Å². The summed E-state index contributed by atoms with van der Waals surface area (Å²) in [4.78, 5) is 26.8. The maximum Gasteiger partial charge on any atom is 0.311 e. The molecule has 1 aliphatic carbocycles. The van der Waals surface area contributed by atoms with Gasteiger partial charge in [0.05, 0.1) is 12.6 Å². The van der Waals surface area contributed by atoms with Crippen LogP contribution in [-0.2, 0) is 9.59 Å². The Bertz CT molecular complexity index is 731. The van der Waals surface area contributed by atoms with Gasteiger partial charge in [0.25, 0.3) is 0 Å². The number of ether oxygens (including phenoxy) is 1. The number of likely N-dealkylation sites (tertiary alicyclic amines) is 1. The van der Waals surface area contributed by atoms with E-state index in [-0.39, 0.29) is 17.5 Å². The molecule has 2 aliphatic heterocycles. The van der Waals surface area contributed by atoms with E-state index in [0.717, 1.165) is 41.5 Å². The van der Waals surface area contributed by atoms with Crippen LogP contribution in [0.5, 0.6) is 5.75 Å². The van der Waals surface area contributed by atoms with Gasteiger partial charge in [-0.05, 0) is 49.3 Å². The van der Waals surface area contributed by atoms with Crippen molar-refractivity contribution < 1.29 is 14.3 Å². The average molecular weight is 422 g/mol. The minimum atomic E-state index is -0.531. The maximum absolute atomic E-state index is 12.6. The van der Waals surface area contributed by atoms with Crippen molar-refractivity contribution in [1.29, 1.82) is 0 Å². The molecule has 2 amide bonds. The number of rotatable bonds is 1. The molecule has 3 aliphatic rings. The molecule has 6 nitrogen and oxygen atoms in total. The van der Waals surface area contributed by atoms with Gasteiger partial charge in [-0.25, -0.2) is 0 Å². The Morgan fingerprint density at radius 3 is 2.65 bits per heavy atom. The van der Waals surface area contributed by atoms with Crippen molar-refractivity contribution in [3.8, 4) is 5.75 Å². The topological polar surface area (TPSA) is 84.7 Å². The molecule has 0 radical (unpaired) electrons. The fraction of sp³-hybridized carbons (Fsp3) is 0.579. The van der Waals surface area contributed by atoms with Crippen LogP contribution in [0.15, 0.2) is 22.7 Å². The third-order valence-corrected chi connectivity index (χ3v) is 6.79. The van der Waals surface area contributed by atoms with Crippen LogP contribution in [0, 0.1) is 5.41 Å². The largest absolute Gasteiger partial charge is 0.493 e. The number of hydrogen-bond donors (Lipinski definition) is 2. The first kappa shape index (κ1) is 17.8. The van der Waals surface area contributed by atoms with Gasteiger partial charge in [0.1, 0.15) is 5.75 Å². The summed E-state index contributed by atoms with van der Waals surface area (Å²) in [6.45, 7) is 1.77. The monoisotopic (exact) mass is 421 g/mol. The second kappa shape index (κ2) is 6.85. The highest BCUT2D eigenvalue weighted by Crippen LogP contribution is 2.48. The van der Waals surface area contributed by atoms with Gasteiger partial charge in [0.2, 0.25) is 0 Å². The number of nitrogens with one attached hydrogen (secondary N) is 1. The minimum absolute atomic E-state index is 0.205. The van der Waals surface area contributed by atoms with E-state index in [4.69, 9.17) is 10.5 Å². The number of benzene rings is 1. The van der Waals surface area contributed by atoms with E-state index in [1.807, 2.05) is 18.2 Å². The van der Waals surface area contributed by atoms with E-state index in [9.17, 15) is 9.59 Å². The van der Waals surface area contributed by atoms with E-state index < -0.39 is 11.8 Å². The fourth-order valence-electron chi connectivity index (χ4n) is 4.37. The zero-order chi connectivity index (χ0) is 18.3. The van der Waals surface area contributed by atoms with Crippen LogP contribution in [0.25, 0.3) is 0 Å². The number of nitrogens with zero attached hydrogens (tertiary/aromatic N) is 1. The molecule has 1 aromatic carbocycles. The molecule has 26 heavy (non-hydrogen) atoms. The van der Waals surface area contributed by atoms with Crippen LogP contribution in [0.3, 0.4) is 0 Å². The molecule has 3 N–H and O–H groups in total. The van der Waals surface area contributed by atoms with Crippen LogP contribution in [0.4, 0.5) is 0 Å². The van der Waals surface area contributed by atoms with Crippen molar-refractivity contribution in [2.24, 2.45) is 11.1 Å². The summed E-state index contributed by atoms with van der Waals surface area (Å²) >= 11 is 3.45. The summed E-state index contributed by atoms with van der Waals surface area (Å²) in [5.74, 6) is -0.205. The summed E-state index contributed by atoms with van der Waals surface area (Å²) in [5, 5.41) is 2.90. The molecule has 1 saturated heterocycles. The van der Waals surface area contributed by atoms with Gasteiger partial charge in [0.15, 0.2) is 0 Å². The molecule has 2 heterocycles. The van der Waals surface area contributed by atoms with Crippen molar-refractivity contribution in [2.45, 2.75) is 44.2 Å². The van der Waals surface area contributed by atoms with Gasteiger partial charge in [-0.3, -0.25) is 9.59 Å². The highest BCUT2D eigenvalue weighted by molar-refractivity contribution is 9.10. The van der Waals surface area contributed by atoms with Gasteiger partial charge in [0, 0.05) is 35.6 Å². The predicted molar refractivity (Wildman–Crippen MR) is 101 cm³/mol. The Hall–Kier alpha value is -1.60. The fourth-order valence-corrected chi connectivity index (χ4v) is 4.75. The molecule has 1 aromatic rings. The van der Waals surface area contributed by atoms with Crippen molar-refractivity contribution in [3.63, 3.8) is 0 Å². The zero-order valence-electron chi connectivity index (χ0n) is 14.7. The highest BCUT2D eigenvalue weighted by atomic mass is 79.9. The third-order valence-electron chi connectivity index (χ3n) is 6.30.